The number of rotatable bonds is 8. The van der Waals surface area contributed by atoms with Gasteiger partial charge in [-0.25, -0.2) is 4.98 Å². The monoisotopic (exact) mass is 661 g/mol. The summed E-state index contributed by atoms with van der Waals surface area (Å²) in [5.74, 6) is -0.0632. The van der Waals surface area contributed by atoms with Gasteiger partial charge in [-0.2, -0.15) is 8.42 Å². The zero-order chi connectivity index (χ0) is 33.4. The van der Waals surface area contributed by atoms with Crippen LogP contribution in [0.4, 0.5) is 5.69 Å². The van der Waals surface area contributed by atoms with Crippen LogP contribution in [0.25, 0.3) is 0 Å². The summed E-state index contributed by atoms with van der Waals surface area (Å²) in [6, 6.07) is 4.09. The predicted molar refractivity (Wildman–Crippen MR) is 175 cm³/mol. The Kier molecular flexibility index (Phi) is 12.5. The molecule has 4 atom stereocenters. The van der Waals surface area contributed by atoms with E-state index in [0.29, 0.717) is 18.9 Å². The predicted octanol–water partition coefficient (Wildman–Crippen LogP) is 4.06. The fourth-order valence-electron chi connectivity index (χ4n) is 6.20. The Morgan fingerprint density at radius 3 is 2.54 bits per heavy atom. The number of aliphatic hydroxyl groups excluding tert-OH is 1. The van der Waals surface area contributed by atoms with Crippen molar-refractivity contribution >= 4 is 27.5 Å². The average molecular weight is 662 g/mol. The molecular formula is C33H51N5O7S. The first-order valence-corrected chi connectivity index (χ1v) is 18.0. The summed E-state index contributed by atoms with van der Waals surface area (Å²) in [5, 5.41) is 10.1. The fourth-order valence-corrected chi connectivity index (χ4v) is 7.24. The molecule has 0 spiro atoms. The van der Waals surface area contributed by atoms with Gasteiger partial charge < -0.3 is 28.9 Å². The van der Waals surface area contributed by atoms with E-state index < -0.39 is 22.0 Å². The van der Waals surface area contributed by atoms with Gasteiger partial charge in [0, 0.05) is 57.5 Å². The van der Waals surface area contributed by atoms with Gasteiger partial charge in [-0.1, -0.05) is 26.2 Å². The van der Waals surface area contributed by atoms with Crippen LogP contribution in [0.2, 0.25) is 0 Å². The molecule has 0 bridgehead atoms. The molecule has 4 rings (SSSR count). The molecule has 1 aromatic carbocycles. The number of benzene rings is 1. The van der Waals surface area contributed by atoms with Gasteiger partial charge in [-0.15, -0.1) is 0 Å². The van der Waals surface area contributed by atoms with Crippen molar-refractivity contribution in [2.45, 2.75) is 95.4 Å². The number of likely N-dealkylation sites (N-methyl/N-ethyl adjacent to an activating group) is 1. The number of nitrogens with zero attached hydrogens (tertiary/aromatic N) is 4. The summed E-state index contributed by atoms with van der Waals surface area (Å²) in [7, 11) is -0.500. The quantitative estimate of drug-likeness (QED) is 0.432. The fraction of sp³-hybridized carbons (Fsp3) is 0.667. The molecule has 1 aromatic heterocycles. The lowest BCUT2D eigenvalue weighted by molar-refractivity contribution is -0.137. The summed E-state index contributed by atoms with van der Waals surface area (Å²) < 4.78 is 42.8. The smallest absolute Gasteiger partial charge is 0.280 e. The van der Waals surface area contributed by atoms with Crippen molar-refractivity contribution in [3.05, 3.63) is 36.3 Å². The van der Waals surface area contributed by atoms with Gasteiger partial charge in [0.05, 0.1) is 36.7 Å². The maximum atomic E-state index is 14.3. The summed E-state index contributed by atoms with van der Waals surface area (Å²) in [5.41, 5.74) is 0.364. The number of aromatic nitrogens is 2. The highest BCUT2D eigenvalue weighted by Gasteiger charge is 2.32. The summed E-state index contributed by atoms with van der Waals surface area (Å²) >= 11 is 0. The Labute approximate surface area is 273 Å². The minimum absolute atomic E-state index is 0.0438. The molecule has 1 saturated carbocycles. The normalized spacial score (nSPS) is 23.1. The Morgan fingerprint density at radius 2 is 1.87 bits per heavy atom. The van der Waals surface area contributed by atoms with Crippen molar-refractivity contribution in [2.75, 3.05) is 38.1 Å². The van der Waals surface area contributed by atoms with Gasteiger partial charge in [0.15, 0.2) is 5.03 Å². The van der Waals surface area contributed by atoms with Crippen LogP contribution in [-0.4, -0.2) is 96.3 Å². The van der Waals surface area contributed by atoms with Gasteiger partial charge in [0.1, 0.15) is 5.75 Å². The van der Waals surface area contributed by atoms with E-state index in [9.17, 15) is 23.1 Å². The van der Waals surface area contributed by atoms with Crippen LogP contribution >= 0.6 is 0 Å². The van der Waals surface area contributed by atoms with Gasteiger partial charge >= 0.3 is 0 Å². The number of hydrogen-bond donors (Lipinski definition) is 2. The molecule has 256 valence electrons. The number of aliphatic hydroxyl groups is 1. The number of fused-ring (bicyclic) bond motifs is 1. The van der Waals surface area contributed by atoms with Crippen molar-refractivity contribution in [1.29, 1.82) is 0 Å². The Morgan fingerprint density at radius 1 is 1.15 bits per heavy atom. The number of imidazole rings is 1. The molecule has 2 aromatic rings. The summed E-state index contributed by atoms with van der Waals surface area (Å²) in [4.78, 5) is 35.0. The number of anilines is 1. The molecular weight excluding hydrogens is 610 g/mol. The molecule has 1 fully saturated rings. The first kappa shape index (κ1) is 35.7. The lowest BCUT2D eigenvalue weighted by Gasteiger charge is -2.36. The molecule has 2 N–H and O–H groups in total. The molecule has 46 heavy (non-hydrogen) atoms. The Bertz CT molecular complexity index is 1430. The number of aryl methyl sites for hydroxylation is 1. The van der Waals surface area contributed by atoms with Crippen LogP contribution in [0.1, 0.15) is 82.5 Å². The highest BCUT2D eigenvalue weighted by Crippen LogP contribution is 2.30. The van der Waals surface area contributed by atoms with Gasteiger partial charge in [0.25, 0.3) is 15.9 Å². The van der Waals surface area contributed by atoms with E-state index >= 15 is 0 Å². The number of ether oxygens (including phenoxy) is 2. The van der Waals surface area contributed by atoms with E-state index in [4.69, 9.17) is 9.47 Å². The number of carbonyl (C=O) groups excluding carboxylic acids is 2. The SMILES string of the molecule is C[C@@H]1CCCCO[C@H](CN(C)C(=O)C2CCCCC2)[C@@H](C)CN([C@@H](C)CO)C(=O)c2cc(NS(=O)(=O)c3cn(C)cn3)ccc2O1. The third-order valence-electron chi connectivity index (χ3n) is 9.04. The highest BCUT2D eigenvalue weighted by atomic mass is 32.2. The first-order chi connectivity index (χ1) is 21.9. The minimum atomic E-state index is -4.01. The number of amides is 2. The zero-order valence-electron chi connectivity index (χ0n) is 27.9. The average Bonchev–Trinajstić information content (AvgIpc) is 3.49. The molecule has 0 unspecified atom stereocenters. The van der Waals surface area contributed by atoms with E-state index in [2.05, 4.69) is 9.71 Å². The van der Waals surface area contributed by atoms with E-state index in [1.54, 1.807) is 35.9 Å². The number of hydrogen-bond acceptors (Lipinski definition) is 8. The standard InChI is InChI=1S/C33H51N5O7S/c1-23-18-38(24(2)21-39)33(41)28-17-27(35-46(42,43)31-20-36(4)22-34-31)14-15-29(28)45-25(3)11-9-10-16-44-30(23)19-37(5)32(40)26-12-7-6-8-13-26/h14-15,17,20,22-26,30,35,39H,6-13,16,18-19,21H2,1-5H3/t23-,24-,25+,30+/m0/s1. The lowest BCUT2D eigenvalue weighted by atomic mass is 9.88. The van der Waals surface area contributed by atoms with E-state index in [1.165, 1.54) is 29.6 Å². The molecule has 12 nitrogen and oxygen atoms in total. The third kappa shape index (κ3) is 9.22. The van der Waals surface area contributed by atoms with Crippen LogP contribution in [0, 0.1) is 11.8 Å². The van der Waals surface area contributed by atoms with Gasteiger partial charge in [-0.3, -0.25) is 14.3 Å². The Hall–Kier alpha value is -3.16. The van der Waals surface area contributed by atoms with E-state index in [-0.39, 0.29) is 59.4 Å². The van der Waals surface area contributed by atoms with Crippen LogP contribution < -0.4 is 9.46 Å². The first-order valence-electron chi connectivity index (χ1n) is 16.5. The van der Waals surface area contributed by atoms with Crippen molar-refractivity contribution in [3.63, 3.8) is 0 Å². The van der Waals surface area contributed by atoms with Crippen molar-refractivity contribution in [2.24, 2.45) is 18.9 Å². The second-order valence-electron chi connectivity index (χ2n) is 13.0. The van der Waals surface area contributed by atoms with Crippen LogP contribution in [0.5, 0.6) is 5.75 Å². The second-order valence-corrected chi connectivity index (χ2v) is 14.7. The number of nitrogens with one attached hydrogen (secondary N) is 1. The van der Waals surface area contributed by atoms with E-state index in [1.807, 2.05) is 20.9 Å². The Balaban J connectivity index is 1.63. The van der Waals surface area contributed by atoms with Crippen molar-refractivity contribution in [1.82, 2.24) is 19.4 Å². The highest BCUT2D eigenvalue weighted by molar-refractivity contribution is 7.92. The lowest BCUT2D eigenvalue weighted by Crippen LogP contribution is -2.48. The van der Waals surface area contributed by atoms with Crippen LogP contribution in [0.15, 0.2) is 35.7 Å². The van der Waals surface area contributed by atoms with Gasteiger partial charge in [0.2, 0.25) is 5.91 Å². The largest absolute Gasteiger partial charge is 0.490 e. The third-order valence-corrected chi connectivity index (χ3v) is 10.3. The van der Waals surface area contributed by atoms with Crippen molar-refractivity contribution < 1.29 is 32.6 Å². The molecule has 13 heteroatoms. The summed E-state index contributed by atoms with van der Waals surface area (Å²) in [6.07, 6.45) is 9.78. The molecule has 1 aliphatic carbocycles. The maximum Gasteiger partial charge on any atom is 0.280 e. The maximum absolute atomic E-state index is 14.3. The van der Waals surface area contributed by atoms with Crippen molar-refractivity contribution in [3.8, 4) is 5.75 Å². The molecule has 2 amide bonds. The number of carbonyl (C=O) groups is 2. The van der Waals surface area contributed by atoms with Gasteiger partial charge in [-0.05, 0) is 64.2 Å². The topological polar surface area (TPSA) is 143 Å². The molecule has 0 saturated heterocycles. The molecule has 2 heterocycles. The molecule has 2 aliphatic rings. The minimum Gasteiger partial charge on any atom is -0.490 e. The van der Waals surface area contributed by atoms with E-state index in [0.717, 1.165) is 44.9 Å². The van der Waals surface area contributed by atoms with Crippen LogP contribution in [-0.2, 0) is 26.6 Å². The molecule has 1 aliphatic heterocycles. The second kappa shape index (κ2) is 16.1. The van der Waals surface area contributed by atoms with Crippen LogP contribution in [0.3, 0.4) is 0 Å². The number of sulfonamides is 1. The molecule has 0 radical (unpaired) electrons. The zero-order valence-corrected chi connectivity index (χ0v) is 28.7. The summed E-state index contributed by atoms with van der Waals surface area (Å²) in [6.45, 7) is 6.59.